The molecule has 3 nitrogen and oxygen atoms in total. The van der Waals surface area contributed by atoms with Crippen LogP contribution in [0.4, 0.5) is 5.69 Å². The second-order valence-electron chi connectivity index (χ2n) is 5.17. The van der Waals surface area contributed by atoms with Gasteiger partial charge in [0.15, 0.2) is 0 Å². The molecule has 20 heavy (non-hydrogen) atoms. The molecule has 0 atom stereocenters. The number of nitrogens with zero attached hydrogens (tertiary/aromatic N) is 1. The summed E-state index contributed by atoms with van der Waals surface area (Å²) in [6, 6.07) is 8.67. The van der Waals surface area contributed by atoms with E-state index in [1.807, 2.05) is 0 Å². The van der Waals surface area contributed by atoms with Crippen molar-refractivity contribution in [2.45, 2.75) is 46.5 Å². The number of ether oxygens (including phenoxy) is 1. The minimum absolute atomic E-state index is 0.179. The van der Waals surface area contributed by atoms with E-state index in [1.54, 1.807) is 0 Å². The smallest absolute Gasteiger partial charge is 0.302 e. The molecule has 0 saturated carbocycles. The second-order valence-corrected chi connectivity index (χ2v) is 5.17. The summed E-state index contributed by atoms with van der Waals surface area (Å²) in [4.78, 5) is 13.0. The van der Waals surface area contributed by atoms with E-state index in [0.717, 1.165) is 25.9 Å². The van der Waals surface area contributed by atoms with E-state index in [4.69, 9.17) is 4.74 Å². The Labute approximate surface area is 122 Å². The molecule has 0 saturated heterocycles. The first-order valence-corrected chi connectivity index (χ1v) is 7.58. The highest BCUT2D eigenvalue weighted by molar-refractivity contribution is 5.65. The van der Waals surface area contributed by atoms with Gasteiger partial charge in [-0.1, -0.05) is 18.6 Å². The van der Waals surface area contributed by atoms with Crippen molar-refractivity contribution in [3.05, 3.63) is 29.8 Å². The van der Waals surface area contributed by atoms with Gasteiger partial charge in [-0.15, -0.1) is 0 Å². The van der Waals surface area contributed by atoms with Crippen LogP contribution in [0.15, 0.2) is 24.3 Å². The van der Waals surface area contributed by atoms with Crippen LogP contribution < -0.4 is 4.90 Å². The first kappa shape index (κ1) is 16.5. The van der Waals surface area contributed by atoms with Crippen molar-refractivity contribution >= 4 is 11.7 Å². The zero-order valence-electron chi connectivity index (χ0n) is 13.0. The van der Waals surface area contributed by atoms with Crippen LogP contribution in [0.2, 0.25) is 0 Å². The third-order valence-corrected chi connectivity index (χ3v) is 3.38. The van der Waals surface area contributed by atoms with Gasteiger partial charge in [0, 0.05) is 25.7 Å². The minimum Gasteiger partial charge on any atom is -0.466 e. The number of carbonyl (C=O) groups is 1. The van der Waals surface area contributed by atoms with E-state index in [-0.39, 0.29) is 5.97 Å². The highest BCUT2D eigenvalue weighted by atomic mass is 16.5. The molecule has 0 aliphatic heterocycles. The summed E-state index contributed by atoms with van der Waals surface area (Å²) >= 11 is 0. The van der Waals surface area contributed by atoms with Crippen LogP contribution >= 0.6 is 0 Å². The zero-order valence-corrected chi connectivity index (χ0v) is 13.0. The Morgan fingerprint density at radius 3 is 2.60 bits per heavy atom. The average molecular weight is 277 g/mol. The van der Waals surface area contributed by atoms with Crippen LogP contribution in [0.25, 0.3) is 0 Å². The van der Waals surface area contributed by atoms with Gasteiger partial charge in [-0.2, -0.15) is 0 Å². The van der Waals surface area contributed by atoms with Crippen LogP contribution in [0.5, 0.6) is 0 Å². The minimum atomic E-state index is -0.179. The van der Waals surface area contributed by atoms with E-state index < -0.39 is 0 Å². The zero-order chi connectivity index (χ0) is 14.8. The summed E-state index contributed by atoms with van der Waals surface area (Å²) in [5, 5.41) is 0. The van der Waals surface area contributed by atoms with Crippen LogP contribution in [0.1, 0.15) is 45.1 Å². The molecule has 0 aliphatic carbocycles. The lowest BCUT2D eigenvalue weighted by Crippen LogP contribution is -2.23. The molecule has 0 spiro atoms. The normalized spacial score (nSPS) is 10.3. The fourth-order valence-corrected chi connectivity index (χ4v) is 2.27. The number of hydrogen-bond donors (Lipinski definition) is 0. The Hall–Kier alpha value is -1.51. The molecule has 0 amide bonds. The second kappa shape index (κ2) is 9.40. The van der Waals surface area contributed by atoms with Gasteiger partial charge in [-0.3, -0.25) is 4.79 Å². The van der Waals surface area contributed by atoms with E-state index in [9.17, 15) is 4.79 Å². The molecular formula is C17H27NO2. The number of carbonyl (C=O) groups excluding carboxylic acids is 1. The SMILES string of the molecule is CCN(CCCCCCOC(C)=O)c1cccc(C)c1. The Balaban J connectivity index is 2.20. The molecule has 0 N–H and O–H groups in total. The Morgan fingerprint density at radius 2 is 1.95 bits per heavy atom. The average Bonchev–Trinajstić information content (AvgIpc) is 2.41. The van der Waals surface area contributed by atoms with Gasteiger partial charge in [0.2, 0.25) is 0 Å². The Bertz CT molecular complexity index is 404. The van der Waals surface area contributed by atoms with Crippen LogP contribution in [0.3, 0.4) is 0 Å². The number of esters is 1. The molecular weight excluding hydrogens is 250 g/mol. The maximum atomic E-state index is 10.6. The molecule has 1 aromatic rings. The van der Waals surface area contributed by atoms with Crippen LogP contribution in [-0.4, -0.2) is 25.7 Å². The third kappa shape index (κ3) is 6.60. The number of rotatable bonds is 9. The molecule has 1 rings (SSSR count). The first-order chi connectivity index (χ1) is 9.63. The van der Waals surface area contributed by atoms with Crippen molar-refractivity contribution in [1.29, 1.82) is 0 Å². The van der Waals surface area contributed by atoms with Gasteiger partial charge in [0.05, 0.1) is 6.61 Å². The fourth-order valence-electron chi connectivity index (χ4n) is 2.27. The summed E-state index contributed by atoms with van der Waals surface area (Å²) in [6.45, 7) is 8.48. The van der Waals surface area contributed by atoms with Gasteiger partial charge < -0.3 is 9.64 Å². The van der Waals surface area contributed by atoms with E-state index in [1.165, 1.54) is 31.0 Å². The van der Waals surface area contributed by atoms with E-state index in [0.29, 0.717) is 6.61 Å². The van der Waals surface area contributed by atoms with Crippen molar-refractivity contribution < 1.29 is 9.53 Å². The number of anilines is 1. The Morgan fingerprint density at radius 1 is 1.20 bits per heavy atom. The third-order valence-electron chi connectivity index (χ3n) is 3.38. The van der Waals surface area contributed by atoms with Gasteiger partial charge in [0.1, 0.15) is 0 Å². The van der Waals surface area contributed by atoms with Gasteiger partial charge >= 0.3 is 5.97 Å². The van der Waals surface area contributed by atoms with Crippen molar-refractivity contribution in [2.24, 2.45) is 0 Å². The molecule has 0 bridgehead atoms. The molecule has 0 radical (unpaired) electrons. The fraction of sp³-hybridized carbons (Fsp3) is 0.588. The lowest BCUT2D eigenvalue weighted by atomic mass is 10.1. The van der Waals surface area contributed by atoms with Crippen molar-refractivity contribution in [3.63, 3.8) is 0 Å². The molecule has 1 aromatic carbocycles. The van der Waals surface area contributed by atoms with Crippen molar-refractivity contribution in [1.82, 2.24) is 0 Å². The number of unbranched alkanes of at least 4 members (excludes halogenated alkanes) is 3. The topological polar surface area (TPSA) is 29.5 Å². The molecule has 0 unspecified atom stereocenters. The largest absolute Gasteiger partial charge is 0.466 e. The van der Waals surface area contributed by atoms with Crippen LogP contribution in [0, 0.1) is 6.92 Å². The number of benzene rings is 1. The highest BCUT2D eigenvalue weighted by Gasteiger charge is 2.03. The van der Waals surface area contributed by atoms with Gasteiger partial charge in [-0.05, 0) is 50.8 Å². The molecule has 3 heteroatoms. The van der Waals surface area contributed by atoms with E-state index in [2.05, 4.69) is 43.0 Å². The molecule has 0 aromatic heterocycles. The summed E-state index contributed by atoms with van der Waals surface area (Å²) in [7, 11) is 0. The van der Waals surface area contributed by atoms with E-state index >= 15 is 0 Å². The molecule has 0 heterocycles. The van der Waals surface area contributed by atoms with Crippen LogP contribution in [-0.2, 0) is 9.53 Å². The van der Waals surface area contributed by atoms with Gasteiger partial charge in [-0.25, -0.2) is 0 Å². The molecule has 0 aliphatic rings. The maximum Gasteiger partial charge on any atom is 0.302 e. The standard InChI is InChI=1S/C17H27NO2/c1-4-18(17-11-9-10-15(2)14-17)12-7-5-6-8-13-20-16(3)19/h9-11,14H,4-8,12-13H2,1-3H3. The lowest BCUT2D eigenvalue weighted by molar-refractivity contribution is -0.141. The van der Waals surface area contributed by atoms with Crippen molar-refractivity contribution in [2.75, 3.05) is 24.6 Å². The Kier molecular flexibility index (Phi) is 7.78. The van der Waals surface area contributed by atoms with Gasteiger partial charge in [0.25, 0.3) is 0 Å². The summed E-state index contributed by atoms with van der Waals surface area (Å²) in [5.74, 6) is -0.179. The molecule has 0 fully saturated rings. The number of aryl methyl sites for hydroxylation is 1. The molecule has 112 valence electrons. The highest BCUT2D eigenvalue weighted by Crippen LogP contribution is 2.16. The lowest BCUT2D eigenvalue weighted by Gasteiger charge is -2.23. The first-order valence-electron chi connectivity index (χ1n) is 7.58. The van der Waals surface area contributed by atoms with Crippen molar-refractivity contribution in [3.8, 4) is 0 Å². The number of hydrogen-bond acceptors (Lipinski definition) is 3. The maximum absolute atomic E-state index is 10.6. The summed E-state index contributed by atoms with van der Waals surface area (Å²) in [6.07, 6.45) is 4.46. The monoisotopic (exact) mass is 277 g/mol. The predicted molar refractivity (Wildman–Crippen MR) is 84.2 cm³/mol. The summed E-state index contributed by atoms with van der Waals surface area (Å²) in [5.41, 5.74) is 2.62. The predicted octanol–water partition coefficient (Wildman–Crippen LogP) is 3.94. The quantitative estimate of drug-likeness (QED) is 0.505. The summed E-state index contributed by atoms with van der Waals surface area (Å²) < 4.78 is 4.92.